The van der Waals surface area contributed by atoms with Crippen LogP contribution in [-0.2, 0) is 6.42 Å². The highest BCUT2D eigenvalue weighted by atomic mass is 79.9. The number of ketones is 1. The summed E-state index contributed by atoms with van der Waals surface area (Å²) in [5, 5.41) is 0. The second-order valence-electron chi connectivity index (χ2n) is 4.59. The Morgan fingerprint density at radius 3 is 2.26 bits per heavy atom. The van der Waals surface area contributed by atoms with Crippen molar-refractivity contribution in [1.29, 1.82) is 0 Å². The maximum Gasteiger partial charge on any atom is 0.168 e. The third-order valence-corrected chi connectivity index (χ3v) is 4.36. The van der Waals surface area contributed by atoms with E-state index in [9.17, 15) is 4.79 Å². The summed E-state index contributed by atoms with van der Waals surface area (Å²) >= 11 is 6.84. The van der Waals surface area contributed by atoms with E-state index in [1.807, 2.05) is 50.2 Å². The second kappa shape index (κ2) is 6.02. The quantitative estimate of drug-likeness (QED) is 0.663. The number of carbonyl (C=O) groups excluding carboxylic acids is 1. The van der Waals surface area contributed by atoms with Crippen molar-refractivity contribution in [3.63, 3.8) is 0 Å². The van der Waals surface area contributed by atoms with Gasteiger partial charge in [0.15, 0.2) is 5.78 Å². The molecule has 0 unspecified atom stereocenters. The Morgan fingerprint density at radius 2 is 1.68 bits per heavy atom. The lowest BCUT2D eigenvalue weighted by Gasteiger charge is -2.10. The molecule has 0 atom stereocenters. The lowest BCUT2D eigenvalue weighted by molar-refractivity contribution is 0.0992. The van der Waals surface area contributed by atoms with Crippen LogP contribution in [0.3, 0.4) is 0 Å². The van der Waals surface area contributed by atoms with Gasteiger partial charge in [-0.15, -0.1) is 0 Å². The summed E-state index contributed by atoms with van der Waals surface area (Å²) in [5.74, 6) is 0.136. The SMILES string of the molecule is Cc1cccc(C)c1CC(=O)c1ccc(Br)cc1Br. The first-order valence-electron chi connectivity index (χ1n) is 6.02. The molecule has 1 nitrogen and oxygen atoms in total. The second-order valence-corrected chi connectivity index (χ2v) is 6.36. The Kier molecular flexibility index (Phi) is 4.58. The fourth-order valence-corrected chi connectivity index (χ4v) is 3.37. The van der Waals surface area contributed by atoms with Crippen LogP contribution < -0.4 is 0 Å². The largest absolute Gasteiger partial charge is 0.294 e. The van der Waals surface area contributed by atoms with E-state index in [-0.39, 0.29) is 5.78 Å². The molecular formula is C16H14Br2O. The molecule has 0 amide bonds. The number of rotatable bonds is 3. The molecule has 2 aromatic rings. The highest BCUT2D eigenvalue weighted by Crippen LogP contribution is 2.24. The van der Waals surface area contributed by atoms with Crippen LogP contribution in [-0.4, -0.2) is 5.78 Å². The van der Waals surface area contributed by atoms with E-state index in [0.717, 1.165) is 20.1 Å². The third kappa shape index (κ3) is 3.34. The van der Waals surface area contributed by atoms with Crippen LogP contribution in [0.4, 0.5) is 0 Å². The zero-order chi connectivity index (χ0) is 14.0. The number of benzene rings is 2. The Balaban J connectivity index is 2.31. The van der Waals surface area contributed by atoms with Gasteiger partial charge in [0.2, 0.25) is 0 Å². The Hall–Kier alpha value is -0.930. The first-order valence-corrected chi connectivity index (χ1v) is 7.61. The molecule has 0 aromatic heterocycles. The summed E-state index contributed by atoms with van der Waals surface area (Å²) < 4.78 is 1.79. The summed E-state index contributed by atoms with van der Waals surface area (Å²) in [6.45, 7) is 4.10. The first-order chi connectivity index (χ1) is 8.99. The van der Waals surface area contributed by atoms with Gasteiger partial charge in [0.05, 0.1) is 0 Å². The molecule has 0 heterocycles. The molecule has 19 heavy (non-hydrogen) atoms. The van der Waals surface area contributed by atoms with Gasteiger partial charge in [-0.3, -0.25) is 4.79 Å². The molecule has 0 fully saturated rings. The molecular weight excluding hydrogens is 368 g/mol. The highest BCUT2D eigenvalue weighted by Gasteiger charge is 2.13. The van der Waals surface area contributed by atoms with Gasteiger partial charge >= 0.3 is 0 Å². The zero-order valence-corrected chi connectivity index (χ0v) is 14.0. The van der Waals surface area contributed by atoms with Gasteiger partial charge in [0, 0.05) is 20.9 Å². The molecule has 3 heteroatoms. The number of hydrogen-bond donors (Lipinski definition) is 0. The van der Waals surface area contributed by atoms with E-state index in [1.165, 1.54) is 11.1 Å². The molecule has 0 spiro atoms. The van der Waals surface area contributed by atoms with Crippen molar-refractivity contribution in [2.75, 3.05) is 0 Å². The Morgan fingerprint density at radius 1 is 1.05 bits per heavy atom. The van der Waals surface area contributed by atoms with Gasteiger partial charge in [-0.1, -0.05) is 50.1 Å². The fourth-order valence-electron chi connectivity index (χ4n) is 2.10. The van der Waals surface area contributed by atoms with Crippen LogP contribution in [0.1, 0.15) is 27.0 Å². The van der Waals surface area contributed by atoms with Crippen LogP contribution in [0.15, 0.2) is 45.3 Å². The number of aryl methyl sites for hydroxylation is 2. The van der Waals surface area contributed by atoms with Crippen molar-refractivity contribution in [3.05, 3.63) is 67.6 Å². The van der Waals surface area contributed by atoms with E-state index in [4.69, 9.17) is 0 Å². The van der Waals surface area contributed by atoms with Gasteiger partial charge in [-0.2, -0.15) is 0 Å². The normalized spacial score (nSPS) is 10.5. The van der Waals surface area contributed by atoms with Crippen molar-refractivity contribution in [2.24, 2.45) is 0 Å². The number of hydrogen-bond acceptors (Lipinski definition) is 1. The van der Waals surface area contributed by atoms with E-state index < -0.39 is 0 Å². The summed E-state index contributed by atoms with van der Waals surface area (Å²) in [6, 6.07) is 11.8. The predicted octanol–water partition coefficient (Wildman–Crippen LogP) is 5.25. The molecule has 0 bridgehead atoms. The molecule has 0 aliphatic rings. The van der Waals surface area contributed by atoms with Crippen molar-refractivity contribution >= 4 is 37.6 Å². The summed E-state index contributed by atoms with van der Waals surface area (Å²) in [7, 11) is 0. The minimum Gasteiger partial charge on any atom is -0.294 e. The average molecular weight is 382 g/mol. The number of halogens is 2. The standard InChI is InChI=1S/C16H14Br2O/c1-10-4-3-5-11(2)14(10)9-16(19)13-7-6-12(17)8-15(13)18/h3-8H,9H2,1-2H3. The van der Waals surface area contributed by atoms with E-state index in [0.29, 0.717) is 6.42 Å². The minimum absolute atomic E-state index is 0.136. The smallest absolute Gasteiger partial charge is 0.168 e. The third-order valence-electron chi connectivity index (χ3n) is 3.21. The molecule has 0 aliphatic heterocycles. The zero-order valence-electron chi connectivity index (χ0n) is 10.8. The van der Waals surface area contributed by atoms with Crippen LogP contribution in [0.5, 0.6) is 0 Å². The molecule has 98 valence electrons. The fraction of sp³-hybridized carbons (Fsp3) is 0.188. The minimum atomic E-state index is 0.136. The molecule has 0 N–H and O–H groups in total. The Bertz CT molecular complexity index is 612. The maximum atomic E-state index is 12.4. The van der Waals surface area contributed by atoms with Gasteiger partial charge in [-0.25, -0.2) is 0 Å². The maximum absolute atomic E-state index is 12.4. The van der Waals surface area contributed by atoms with Crippen LogP contribution in [0.2, 0.25) is 0 Å². The first kappa shape index (κ1) is 14.5. The molecule has 2 aromatic carbocycles. The van der Waals surface area contributed by atoms with E-state index in [2.05, 4.69) is 31.9 Å². The molecule has 0 saturated heterocycles. The van der Waals surface area contributed by atoms with E-state index >= 15 is 0 Å². The van der Waals surface area contributed by atoms with Gasteiger partial charge in [-0.05, 0) is 48.7 Å². The summed E-state index contributed by atoms with van der Waals surface area (Å²) in [5.41, 5.74) is 4.19. The van der Waals surface area contributed by atoms with Crippen molar-refractivity contribution < 1.29 is 4.79 Å². The van der Waals surface area contributed by atoms with E-state index in [1.54, 1.807) is 0 Å². The molecule has 2 rings (SSSR count). The number of carbonyl (C=O) groups is 1. The van der Waals surface area contributed by atoms with Gasteiger partial charge in [0.1, 0.15) is 0 Å². The lowest BCUT2D eigenvalue weighted by Crippen LogP contribution is -2.07. The average Bonchev–Trinajstić information content (AvgIpc) is 2.33. The monoisotopic (exact) mass is 380 g/mol. The topological polar surface area (TPSA) is 17.1 Å². The summed E-state index contributed by atoms with van der Waals surface area (Å²) in [6.07, 6.45) is 0.443. The van der Waals surface area contributed by atoms with Crippen LogP contribution in [0.25, 0.3) is 0 Å². The van der Waals surface area contributed by atoms with Crippen molar-refractivity contribution in [3.8, 4) is 0 Å². The molecule has 0 radical (unpaired) electrons. The summed E-state index contributed by atoms with van der Waals surface area (Å²) in [4.78, 5) is 12.4. The highest BCUT2D eigenvalue weighted by molar-refractivity contribution is 9.11. The van der Waals surface area contributed by atoms with Crippen LogP contribution in [0, 0.1) is 13.8 Å². The number of Topliss-reactive ketones (excluding diaryl/α,β-unsaturated/α-hetero) is 1. The molecule has 0 saturated carbocycles. The van der Waals surface area contributed by atoms with Gasteiger partial charge < -0.3 is 0 Å². The van der Waals surface area contributed by atoms with Crippen molar-refractivity contribution in [1.82, 2.24) is 0 Å². The molecule has 0 aliphatic carbocycles. The van der Waals surface area contributed by atoms with Crippen LogP contribution >= 0.6 is 31.9 Å². The predicted molar refractivity (Wildman–Crippen MR) is 85.8 cm³/mol. The van der Waals surface area contributed by atoms with Gasteiger partial charge in [0.25, 0.3) is 0 Å². The lowest BCUT2D eigenvalue weighted by atomic mass is 9.96. The Labute approximate surface area is 130 Å². The van der Waals surface area contributed by atoms with Crippen molar-refractivity contribution in [2.45, 2.75) is 20.3 Å².